The number of hydrogen-bond donors (Lipinski definition) is 2. The zero-order chi connectivity index (χ0) is 19.9. The summed E-state index contributed by atoms with van der Waals surface area (Å²) in [6.45, 7) is 0.154. The first-order chi connectivity index (χ1) is 13.5. The van der Waals surface area contributed by atoms with Crippen LogP contribution in [0.1, 0.15) is 11.4 Å². The molecule has 0 saturated carbocycles. The average Bonchev–Trinajstić information content (AvgIpc) is 3.07. The number of aromatic nitrogens is 1. The highest BCUT2D eigenvalue weighted by Gasteiger charge is 2.11. The molecule has 0 fully saturated rings. The lowest BCUT2D eigenvalue weighted by atomic mass is 10.1. The van der Waals surface area contributed by atoms with Crippen LogP contribution in [0.25, 0.3) is 21.3 Å². The van der Waals surface area contributed by atoms with Gasteiger partial charge in [0.15, 0.2) is 0 Å². The Balaban J connectivity index is 1.60. The largest absolute Gasteiger partial charge is 0.355 e. The van der Waals surface area contributed by atoms with Crippen molar-refractivity contribution in [1.29, 1.82) is 5.26 Å². The number of thiazole rings is 1. The second kappa shape index (κ2) is 9.06. The van der Waals surface area contributed by atoms with E-state index in [2.05, 4.69) is 15.6 Å². The Labute approximate surface area is 165 Å². The summed E-state index contributed by atoms with van der Waals surface area (Å²) in [5.74, 6) is -0.801. The van der Waals surface area contributed by atoms with Crippen molar-refractivity contribution in [3.63, 3.8) is 0 Å². The Morgan fingerprint density at radius 3 is 2.71 bits per heavy atom. The molecule has 2 aromatic carbocycles. The van der Waals surface area contributed by atoms with Crippen LogP contribution in [0.15, 0.2) is 42.5 Å². The monoisotopic (exact) mass is 396 g/mol. The van der Waals surface area contributed by atoms with Crippen LogP contribution in [0.5, 0.6) is 0 Å². The summed E-state index contributed by atoms with van der Waals surface area (Å²) in [4.78, 5) is 27.9. The summed E-state index contributed by atoms with van der Waals surface area (Å²) < 4.78 is 14.4. The number of halogens is 1. The fourth-order valence-corrected chi connectivity index (χ4v) is 3.64. The molecule has 0 saturated heterocycles. The first-order valence-electron chi connectivity index (χ1n) is 8.61. The van der Waals surface area contributed by atoms with Crippen molar-refractivity contribution in [2.45, 2.75) is 12.8 Å². The van der Waals surface area contributed by atoms with E-state index in [9.17, 15) is 14.0 Å². The van der Waals surface area contributed by atoms with Crippen LogP contribution in [0.3, 0.4) is 0 Å². The quantitative estimate of drug-likeness (QED) is 0.601. The van der Waals surface area contributed by atoms with Crippen molar-refractivity contribution in [2.24, 2.45) is 0 Å². The first kappa shape index (κ1) is 19.5. The summed E-state index contributed by atoms with van der Waals surface area (Å²) in [7, 11) is 0. The van der Waals surface area contributed by atoms with Crippen molar-refractivity contribution >= 4 is 33.4 Å². The number of nitriles is 1. The van der Waals surface area contributed by atoms with Crippen molar-refractivity contribution in [1.82, 2.24) is 15.6 Å². The summed E-state index contributed by atoms with van der Waals surface area (Å²) in [5, 5.41) is 14.1. The van der Waals surface area contributed by atoms with E-state index in [-0.39, 0.29) is 43.6 Å². The molecule has 0 radical (unpaired) electrons. The fourth-order valence-electron chi connectivity index (χ4n) is 2.64. The summed E-state index contributed by atoms with van der Waals surface area (Å²) in [6.07, 6.45) is 0.235. The number of carbonyl (C=O) groups is 2. The van der Waals surface area contributed by atoms with Gasteiger partial charge in [0.2, 0.25) is 11.8 Å². The third-order valence-corrected chi connectivity index (χ3v) is 4.96. The average molecular weight is 396 g/mol. The maximum atomic E-state index is 13.4. The maximum Gasteiger partial charge on any atom is 0.226 e. The lowest BCUT2D eigenvalue weighted by molar-refractivity contribution is -0.121. The van der Waals surface area contributed by atoms with Gasteiger partial charge >= 0.3 is 0 Å². The van der Waals surface area contributed by atoms with E-state index < -0.39 is 0 Å². The van der Waals surface area contributed by atoms with E-state index in [0.29, 0.717) is 5.01 Å². The van der Waals surface area contributed by atoms with Crippen LogP contribution in [0.4, 0.5) is 4.39 Å². The predicted octanol–water partition coefficient (Wildman–Crippen LogP) is 2.79. The van der Waals surface area contributed by atoms with Crippen LogP contribution in [0.2, 0.25) is 0 Å². The number of amides is 2. The molecular formula is C20H17FN4O2S. The normalized spacial score (nSPS) is 10.4. The summed E-state index contributed by atoms with van der Waals surface area (Å²) in [6, 6.07) is 13.9. The molecule has 28 heavy (non-hydrogen) atoms. The SMILES string of the molecule is N#CCNC(=O)CCNC(=O)Cc1nc2ccc(-c3cccc(F)c3)cc2s1. The maximum absolute atomic E-state index is 13.4. The second-order valence-electron chi connectivity index (χ2n) is 6.01. The molecule has 6 nitrogen and oxygen atoms in total. The molecule has 1 heterocycles. The van der Waals surface area contributed by atoms with Crippen molar-refractivity contribution < 1.29 is 14.0 Å². The standard InChI is InChI=1S/C20H17FN4O2S/c21-15-3-1-2-13(10-15)14-4-5-16-17(11-14)28-20(25-16)12-19(27)23-8-6-18(26)24-9-7-22/h1-5,10-11H,6,8-9,12H2,(H,23,27)(H,24,26). The Hall–Kier alpha value is -3.31. The molecule has 0 spiro atoms. The van der Waals surface area contributed by atoms with Crippen LogP contribution in [0, 0.1) is 17.1 Å². The van der Waals surface area contributed by atoms with Crippen LogP contribution < -0.4 is 10.6 Å². The first-order valence-corrected chi connectivity index (χ1v) is 9.42. The molecule has 8 heteroatoms. The highest BCUT2D eigenvalue weighted by Crippen LogP contribution is 2.28. The van der Waals surface area contributed by atoms with Crippen molar-refractivity contribution in [3.8, 4) is 17.2 Å². The molecule has 3 rings (SSSR count). The van der Waals surface area contributed by atoms with Crippen LogP contribution in [-0.4, -0.2) is 29.9 Å². The number of rotatable bonds is 7. The number of hydrogen-bond acceptors (Lipinski definition) is 5. The van der Waals surface area contributed by atoms with Gasteiger partial charge in [-0.25, -0.2) is 9.37 Å². The van der Waals surface area contributed by atoms with E-state index >= 15 is 0 Å². The van der Waals surface area contributed by atoms with Gasteiger partial charge in [0.1, 0.15) is 17.4 Å². The molecule has 0 unspecified atom stereocenters. The van der Waals surface area contributed by atoms with Crippen LogP contribution >= 0.6 is 11.3 Å². The van der Waals surface area contributed by atoms with Gasteiger partial charge in [0.25, 0.3) is 0 Å². The van der Waals surface area contributed by atoms with Crippen LogP contribution in [-0.2, 0) is 16.0 Å². The molecule has 0 aliphatic carbocycles. The number of benzene rings is 2. The number of fused-ring (bicyclic) bond motifs is 1. The Kier molecular flexibility index (Phi) is 6.29. The minimum Gasteiger partial charge on any atom is -0.355 e. The Morgan fingerprint density at radius 2 is 1.93 bits per heavy atom. The van der Waals surface area contributed by atoms with Gasteiger partial charge in [-0.1, -0.05) is 18.2 Å². The van der Waals surface area contributed by atoms with Gasteiger partial charge in [-0.2, -0.15) is 5.26 Å². The molecule has 3 aromatic rings. The zero-order valence-electron chi connectivity index (χ0n) is 14.9. The summed E-state index contributed by atoms with van der Waals surface area (Å²) >= 11 is 1.41. The Morgan fingerprint density at radius 1 is 1.11 bits per heavy atom. The molecule has 2 amide bonds. The smallest absolute Gasteiger partial charge is 0.226 e. The number of carbonyl (C=O) groups excluding carboxylic acids is 2. The predicted molar refractivity (Wildman–Crippen MR) is 105 cm³/mol. The number of nitrogens with one attached hydrogen (secondary N) is 2. The van der Waals surface area contributed by atoms with E-state index in [1.54, 1.807) is 6.07 Å². The zero-order valence-corrected chi connectivity index (χ0v) is 15.7. The molecule has 0 atom stereocenters. The van der Waals surface area contributed by atoms with E-state index in [1.165, 1.54) is 23.5 Å². The highest BCUT2D eigenvalue weighted by molar-refractivity contribution is 7.18. The van der Waals surface area contributed by atoms with E-state index in [4.69, 9.17) is 5.26 Å². The Bertz CT molecular complexity index is 1060. The van der Waals surface area contributed by atoms with Gasteiger partial charge in [0, 0.05) is 13.0 Å². The lowest BCUT2D eigenvalue weighted by Crippen LogP contribution is -2.31. The number of nitrogens with zero attached hydrogens (tertiary/aromatic N) is 2. The van der Waals surface area contributed by atoms with Gasteiger partial charge < -0.3 is 10.6 Å². The topological polar surface area (TPSA) is 94.9 Å². The van der Waals surface area contributed by atoms with Gasteiger partial charge in [0.05, 0.1) is 22.7 Å². The lowest BCUT2D eigenvalue weighted by Gasteiger charge is -2.03. The fraction of sp³-hybridized carbons (Fsp3) is 0.200. The third-order valence-electron chi connectivity index (χ3n) is 3.94. The molecule has 0 aliphatic heterocycles. The van der Waals surface area contributed by atoms with E-state index in [1.807, 2.05) is 30.3 Å². The van der Waals surface area contributed by atoms with Gasteiger partial charge in [-0.05, 0) is 35.4 Å². The van der Waals surface area contributed by atoms with Gasteiger partial charge in [-0.15, -0.1) is 11.3 Å². The van der Waals surface area contributed by atoms with Crippen molar-refractivity contribution in [2.75, 3.05) is 13.1 Å². The molecule has 0 bridgehead atoms. The molecule has 2 N–H and O–H groups in total. The molecule has 142 valence electrons. The van der Waals surface area contributed by atoms with Gasteiger partial charge in [-0.3, -0.25) is 9.59 Å². The van der Waals surface area contributed by atoms with E-state index in [0.717, 1.165) is 21.3 Å². The minimum absolute atomic E-state index is 0.0455. The highest BCUT2D eigenvalue weighted by atomic mass is 32.1. The molecule has 1 aromatic heterocycles. The third kappa shape index (κ3) is 5.11. The minimum atomic E-state index is -0.291. The molecular weight excluding hydrogens is 379 g/mol. The second-order valence-corrected chi connectivity index (χ2v) is 7.13. The molecule has 0 aliphatic rings. The summed E-state index contributed by atoms with van der Waals surface area (Å²) in [5.41, 5.74) is 2.45. The van der Waals surface area contributed by atoms with Crippen molar-refractivity contribution in [3.05, 3.63) is 53.3 Å².